The summed E-state index contributed by atoms with van der Waals surface area (Å²) in [6.45, 7) is 0. The number of fused-ring (bicyclic) bond motifs is 6. The summed E-state index contributed by atoms with van der Waals surface area (Å²) in [6, 6.07) is 23.0. The van der Waals surface area contributed by atoms with Crippen LogP contribution < -0.4 is 5.32 Å². The molecule has 0 aromatic heterocycles. The number of halogens is 1. The van der Waals surface area contributed by atoms with Gasteiger partial charge in [0, 0.05) is 35.1 Å². The van der Waals surface area contributed by atoms with Crippen molar-refractivity contribution in [3.8, 4) is 0 Å². The van der Waals surface area contributed by atoms with Crippen LogP contribution in [0.5, 0.6) is 0 Å². The Morgan fingerprint density at radius 1 is 0.881 bits per heavy atom. The van der Waals surface area contributed by atoms with Gasteiger partial charge in [-0.05, 0) is 53.1 Å². The molecule has 4 atom stereocenters. The van der Waals surface area contributed by atoms with Crippen molar-refractivity contribution in [2.45, 2.75) is 17.5 Å². The summed E-state index contributed by atoms with van der Waals surface area (Å²) in [4.78, 5) is 56.3. The largest absolute Gasteiger partial charge is 0.358 e. The molecule has 0 radical (unpaired) electrons. The van der Waals surface area contributed by atoms with Crippen molar-refractivity contribution in [1.82, 2.24) is 4.90 Å². The SMILES string of the molecule is O=C(c1cccc([N+](=O)[O-])c1)[C@@H]1[C@H](C(=O)c2ccc(F)cc2)[C@]2(C(=O)Nc3ccccc32)[C@@H]2c3ccccc3C=CN12. The van der Waals surface area contributed by atoms with Gasteiger partial charge in [0.2, 0.25) is 5.91 Å². The van der Waals surface area contributed by atoms with Crippen molar-refractivity contribution in [1.29, 1.82) is 0 Å². The number of nitrogens with zero attached hydrogens (tertiary/aromatic N) is 2. The van der Waals surface area contributed by atoms with Gasteiger partial charge in [0.1, 0.15) is 17.3 Å². The molecule has 0 unspecified atom stereocenters. The van der Waals surface area contributed by atoms with Gasteiger partial charge in [-0.15, -0.1) is 0 Å². The number of nitro groups is 1. The lowest BCUT2D eigenvalue weighted by atomic mass is 9.62. The summed E-state index contributed by atoms with van der Waals surface area (Å²) in [5.74, 6) is -3.28. The number of nitro benzene ring substituents is 1. The van der Waals surface area contributed by atoms with Crippen LogP contribution in [-0.2, 0) is 10.2 Å². The number of para-hydroxylation sites is 1. The molecule has 1 spiro atoms. The summed E-state index contributed by atoms with van der Waals surface area (Å²) in [6.07, 6.45) is 3.55. The Balaban J connectivity index is 1.53. The van der Waals surface area contributed by atoms with Crippen molar-refractivity contribution in [2.24, 2.45) is 5.92 Å². The molecule has 1 N–H and O–H groups in total. The monoisotopic (exact) mass is 559 g/mol. The minimum absolute atomic E-state index is 0.0425. The smallest absolute Gasteiger partial charge is 0.270 e. The molecule has 1 fully saturated rings. The Morgan fingerprint density at radius 3 is 2.40 bits per heavy atom. The molecule has 3 heterocycles. The van der Waals surface area contributed by atoms with Gasteiger partial charge < -0.3 is 10.2 Å². The number of Topliss-reactive ketones (excluding diaryl/α,β-unsaturated/α-hetero) is 2. The van der Waals surface area contributed by atoms with Crippen LogP contribution in [0.15, 0.2) is 103 Å². The number of benzene rings is 4. The number of anilines is 1. The first-order chi connectivity index (χ1) is 20.3. The van der Waals surface area contributed by atoms with E-state index in [1.54, 1.807) is 35.4 Å². The predicted molar refractivity (Wildman–Crippen MR) is 152 cm³/mol. The highest BCUT2D eigenvalue weighted by atomic mass is 19.1. The number of rotatable bonds is 5. The molecule has 0 bridgehead atoms. The minimum Gasteiger partial charge on any atom is -0.358 e. The fourth-order valence-corrected chi connectivity index (χ4v) is 6.90. The van der Waals surface area contributed by atoms with E-state index < -0.39 is 51.6 Å². The van der Waals surface area contributed by atoms with Crippen LogP contribution in [0.2, 0.25) is 0 Å². The first-order valence-corrected chi connectivity index (χ1v) is 13.4. The Bertz CT molecular complexity index is 1850. The maximum absolute atomic E-state index is 14.6. The van der Waals surface area contributed by atoms with Crippen molar-refractivity contribution in [3.05, 3.63) is 147 Å². The van der Waals surface area contributed by atoms with E-state index in [2.05, 4.69) is 5.32 Å². The van der Waals surface area contributed by atoms with Gasteiger partial charge in [0.05, 0.1) is 16.9 Å². The van der Waals surface area contributed by atoms with Crippen LogP contribution in [0.4, 0.5) is 15.8 Å². The van der Waals surface area contributed by atoms with E-state index in [-0.39, 0.29) is 16.8 Å². The normalized spacial score (nSPS) is 23.2. The Labute approximate surface area is 239 Å². The van der Waals surface area contributed by atoms with Crippen LogP contribution in [0.25, 0.3) is 6.08 Å². The van der Waals surface area contributed by atoms with Gasteiger partial charge >= 0.3 is 0 Å². The van der Waals surface area contributed by atoms with E-state index in [0.29, 0.717) is 11.3 Å². The van der Waals surface area contributed by atoms with Crippen LogP contribution in [-0.4, -0.2) is 33.3 Å². The van der Waals surface area contributed by atoms with Crippen molar-refractivity contribution in [2.75, 3.05) is 5.32 Å². The molecule has 206 valence electrons. The molecule has 3 aliphatic heterocycles. The lowest BCUT2D eigenvalue weighted by Crippen LogP contribution is -2.49. The summed E-state index contributed by atoms with van der Waals surface area (Å²) in [5, 5.41) is 14.5. The van der Waals surface area contributed by atoms with Gasteiger partial charge in [-0.3, -0.25) is 24.5 Å². The zero-order valence-corrected chi connectivity index (χ0v) is 21.9. The molecule has 0 saturated carbocycles. The molecule has 1 saturated heterocycles. The zero-order valence-electron chi connectivity index (χ0n) is 21.9. The molecular weight excluding hydrogens is 537 g/mol. The van der Waals surface area contributed by atoms with E-state index >= 15 is 0 Å². The number of hydrogen-bond donors (Lipinski definition) is 1. The molecule has 4 aromatic rings. The van der Waals surface area contributed by atoms with E-state index in [0.717, 1.165) is 23.3 Å². The number of carbonyl (C=O) groups excluding carboxylic acids is 3. The topological polar surface area (TPSA) is 110 Å². The summed E-state index contributed by atoms with van der Waals surface area (Å²) >= 11 is 0. The first kappa shape index (κ1) is 25.5. The van der Waals surface area contributed by atoms with Crippen LogP contribution in [0.1, 0.15) is 43.4 Å². The molecule has 1 amide bonds. The molecule has 4 aromatic carbocycles. The average molecular weight is 560 g/mol. The maximum atomic E-state index is 14.6. The molecular formula is C33H22FN3O5. The van der Waals surface area contributed by atoms with Crippen LogP contribution in [0.3, 0.4) is 0 Å². The van der Waals surface area contributed by atoms with Gasteiger partial charge in [-0.1, -0.05) is 54.6 Å². The zero-order chi connectivity index (χ0) is 29.2. The van der Waals surface area contributed by atoms with Gasteiger partial charge in [-0.25, -0.2) is 4.39 Å². The maximum Gasteiger partial charge on any atom is 0.270 e. The summed E-state index contributed by atoms with van der Waals surface area (Å²) < 4.78 is 13.9. The lowest BCUT2D eigenvalue weighted by Gasteiger charge is -2.38. The molecule has 7 rings (SSSR count). The Hall–Kier alpha value is -5.44. The van der Waals surface area contributed by atoms with E-state index in [4.69, 9.17) is 0 Å². The highest BCUT2D eigenvalue weighted by Crippen LogP contribution is 2.62. The predicted octanol–water partition coefficient (Wildman–Crippen LogP) is 5.72. The number of hydrogen-bond acceptors (Lipinski definition) is 6. The third-order valence-electron chi connectivity index (χ3n) is 8.59. The molecule has 3 aliphatic rings. The fourth-order valence-electron chi connectivity index (χ4n) is 6.90. The molecule has 8 nitrogen and oxygen atoms in total. The van der Waals surface area contributed by atoms with E-state index in [1.165, 1.54) is 36.4 Å². The standard InChI is InChI=1S/C33H22FN3O5/c34-22-14-12-20(13-15-22)29(38)27-28(30(39)21-7-5-8-23(18-21)37(41)42)36-17-16-19-6-1-2-9-24(19)31(36)33(27)25-10-3-4-11-26(25)35-32(33)40/h1-18,27-28,31H,(H,35,40)/t27-,28+,31+,33+/m1/s1. The van der Waals surface area contributed by atoms with Gasteiger partial charge in [0.25, 0.3) is 5.69 Å². The quantitative estimate of drug-likeness (QED) is 0.190. The van der Waals surface area contributed by atoms with Crippen molar-refractivity contribution >= 4 is 34.9 Å². The van der Waals surface area contributed by atoms with E-state index in [9.17, 15) is 28.9 Å². The summed E-state index contributed by atoms with van der Waals surface area (Å²) in [5.41, 5.74) is 1.08. The molecule has 42 heavy (non-hydrogen) atoms. The first-order valence-electron chi connectivity index (χ1n) is 13.4. The second-order valence-electron chi connectivity index (χ2n) is 10.6. The number of non-ortho nitro benzene ring substituents is 1. The fraction of sp³-hybridized carbons (Fsp3) is 0.121. The number of amides is 1. The third-order valence-corrected chi connectivity index (χ3v) is 8.59. The summed E-state index contributed by atoms with van der Waals surface area (Å²) in [7, 11) is 0. The molecule has 9 heteroatoms. The van der Waals surface area contributed by atoms with Crippen molar-refractivity contribution < 1.29 is 23.7 Å². The lowest BCUT2D eigenvalue weighted by molar-refractivity contribution is -0.384. The second-order valence-corrected chi connectivity index (χ2v) is 10.6. The average Bonchev–Trinajstić information content (AvgIpc) is 3.49. The van der Waals surface area contributed by atoms with Gasteiger partial charge in [0.15, 0.2) is 11.6 Å². The number of ketones is 2. The van der Waals surface area contributed by atoms with Crippen LogP contribution in [0, 0.1) is 21.8 Å². The highest BCUT2D eigenvalue weighted by molar-refractivity contribution is 6.16. The molecule has 0 aliphatic carbocycles. The Kier molecular flexibility index (Phi) is 5.65. The minimum atomic E-state index is -1.55. The highest BCUT2D eigenvalue weighted by Gasteiger charge is 2.70. The van der Waals surface area contributed by atoms with Gasteiger partial charge in [-0.2, -0.15) is 0 Å². The number of nitrogens with one attached hydrogen (secondary N) is 1. The van der Waals surface area contributed by atoms with E-state index in [1.807, 2.05) is 30.3 Å². The Morgan fingerprint density at radius 2 is 1.62 bits per heavy atom. The number of carbonyl (C=O) groups is 3. The van der Waals surface area contributed by atoms with Crippen LogP contribution >= 0.6 is 0 Å². The third kappa shape index (κ3) is 3.49. The van der Waals surface area contributed by atoms with Crippen molar-refractivity contribution in [3.63, 3.8) is 0 Å². The second kappa shape index (κ2) is 9.31.